The van der Waals surface area contributed by atoms with Crippen LogP contribution in [0.3, 0.4) is 0 Å². The molecule has 0 amide bonds. The van der Waals surface area contributed by atoms with Crippen LogP contribution in [0.15, 0.2) is 18.2 Å². The lowest BCUT2D eigenvalue weighted by atomic mass is 9.88. The zero-order chi connectivity index (χ0) is 14.2. The predicted molar refractivity (Wildman–Crippen MR) is 77.5 cm³/mol. The van der Waals surface area contributed by atoms with Crippen LogP contribution in [-0.4, -0.2) is 25.2 Å². The van der Waals surface area contributed by atoms with Crippen molar-refractivity contribution in [2.24, 2.45) is 5.92 Å². The van der Waals surface area contributed by atoms with E-state index >= 15 is 0 Å². The molecule has 104 valence electrons. The Morgan fingerprint density at radius 3 is 2.68 bits per heavy atom. The molecule has 2 rings (SSSR count). The number of ether oxygens (including phenoxy) is 1. The maximum atomic E-state index is 11.9. The van der Waals surface area contributed by atoms with E-state index in [4.69, 9.17) is 4.74 Å². The molecule has 1 unspecified atom stereocenters. The van der Waals surface area contributed by atoms with E-state index in [1.165, 1.54) is 23.9 Å². The molecule has 1 aliphatic heterocycles. The second-order valence-corrected chi connectivity index (χ2v) is 5.89. The average Bonchev–Trinajstić information content (AvgIpc) is 2.67. The number of hydrogen-bond donors (Lipinski definition) is 0. The van der Waals surface area contributed by atoms with Crippen LogP contribution >= 0.6 is 0 Å². The van der Waals surface area contributed by atoms with E-state index in [1.807, 2.05) is 0 Å². The summed E-state index contributed by atoms with van der Waals surface area (Å²) in [4.78, 5) is 14.3. The molecule has 0 aliphatic carbocycles. The number of carbonyl (C=O) groups is 1. The van der Waals surface area contributed by atoms with Crippen LogP contribution in [0.4, 0.5) is 5.69 Å². The number of carbonyl (C=O) groups excluding carboxylic acids is 1. The molecule has 1 aromatic rings. The summed E-state index contributed by atoms with van der Waals surface area (Å²) in [5.74, 6) is -0.157. The van der Waals surface area contributed by atoms with Crippen molar-refractivity contribution in [2.75, 3.05) is 18.6 Å². The second-order valence-electron chi connectivity index (χ2n) is 5.89. The van der Waals surface area contributed by atoms with E-state index in [-0.39, 0.29) is 17.4 Å². The minimum Gasteiger partial charge on any atom is -0.469 e. The Morgan fingerprint density at radius 2 is 2.05 bits per heavy atom. The Balaban J connectivity index is 2.37. The number of esters is 1. The fourth-order valence-corrected chi connectivity index (χ4v) is 3.10. The Hall–Kier alpha value is -1.51. The van der Waals surface area contributed by atoms with Gasteiger partial charge in [-0.1, -0.05) is 12.1 Å². The lowest BCUT2D eigenvalue weighted by Crippen LogP contribution is -2.45. The molecular formula is C16H23NO2. The summed E-state index contributed by atoms with van der Waals surface area (Å²) in [7, 11) is 1.47. The van der Waals surface area contributed by atoms with Crippen LogP contribution in [0.1, 0.15) is 31.4 Å². The van der Waals surface area contributed by atoms with Crippen molar-refractivity contribution in [3.05, 3.63) is 29.3 Å². The summed E-state index contributed by atoms with van der Waals surface area (Å²) in [6, 6.07) is 6.35. The van der Waals surface area contributed by atoms with Crippen LogP contribution in [-0.2, 0) is 9.53 Å². The van der Waals surface area contributed by atoms with Gasteiger partial charge >= 0.3 is 5.97 Å². The predicted octanol–water partition coefficient (Wildman–Crippen LogP) is 3.08. The first-order chi connectivity index (χ1) is 8.89. The van der Waals surface area contributed by atoms with Gasteiger partial charge in [0, 0.05) is 17.8 Å². The highest BCUT2D eigenvalue weighted by atomic mass is 16.5. The lowest BCUT2D eigenvalue weighted by molar-refractivity contribution is -0.146. The summed E-state index contributed by atoms with van der Waals surface area (Å²) in [6.07, 6.45) is 0.854. The van der Waals surface area contributed by atoms with Crippen LogP contribution in [0.5, 0.6) is 0 Å². The molecule has 0 bridgehead atoms. The van der Waals surface area contributed by atoms with E-state index in [2.05, 4.69) is 50.8 Å². The van der Waals surface area contributed by atoms with Crippen molar-refractivity contribution in [3.63, 3.8) is 0 Å². The van der Waals surface area contributed by atoms with Gasteiger partial charge in [-0.25, -0.2) is 0 Å². The van der Waals surface area contributed by atoms with Gasteiger partial charge in [-0.05, 0) is 51.3 Å². The molecule has 1 atom stereocenters. The molecule has 0 aromatic heterocycles. The van der Waals surface area contributed by atoms with Gasteiger partial charge in [0.1, 0.15) is 0 Å². The molecule has 1 heterocycles. The van der Waals surface area contributed by atoms with Gasteiger partial charge < -0.3 is 9.64 Å². The lowest BCUT2D eigenvalue weighted by Gasteiger charge is -2.37. The number of hydrogen-bond acceptors (Lipinski definition) is 3. The molecule has 19 heavy (non-hydrogen) atoms. The topological polar surface area (TPSA) is 29.5 Å². The number of aryl methyl sites for hydroxylation is 1. The Morgan fingerprint density at radius 1 is 1.37 bits per heavy atom. The first-order valence-electron chi connectivity index (χ1n) is 6.81. The third kappa shape index (κ3) is 2.22. The minimum atomic E-state index is -0.203. The van der Waals surface area contributed by atoms with Gasteiger partial charge in [0.25, 0.3) is 0 Å². The van der Waals surface area contributed by atoms with Crippen molar-refractivity contribution >= 4 is 11.7 Å². The standard InChI is InChI=1S/C16H23NO2/c1-11-7-6-8-14(12(11)2)17-10-9-13(15(18)19-5)16(17,3)4/h6-8,13H,9-10H2,1-5H3. The normalized spacial score (nSPS) is 21.5. The zero-order valence-corrected chi connectivity index (χ0v) is 12.5. The highest BCUT2D eigenvalue weighted by molar-refractivity contribution is 5.76. The molecule has 1 aliphatic rings. The smallest absolute Gasteiger partial charge is 0.311 e. The fourth-order valence-electron chi connectivity index (χ4n) is 3.10. The number of methoxy groups -OCH3 is 1. The van der Waals surface area contributed by atoms with Gasteiger partial charge in [-0.2, -0.15) is 0 Å². The third-order valence-electron chi connectivity index (χ3n) is 4.54. The van der Waals surface area contributed by atoms with Crippen molar-refractivity contribution in [1.29, 1.82) is 0 Å². The van der Waals surface area contributed by atoms with E-state index in [1.54, 1.807) is 0 Å². The highest BCUT2D eigenvalue weighted by Gasteiger charge is 2.46. The van der Waals surface area contributed by atoms with E-state index in [0.717, 1.165) is 13.0 Å². The van der Waals surface area contributed by atoms with Crippen LogP contribution < -0.4 is 4.90 Å². The highest BCUT2D eigenvalue weighted by Crippen LogP contribution is 2.40. The largest absolute Gasteiger partial charge is 0.469 e. The van der Waals surface area contributed by atoms with E-state index in [0.29, 0.717) is 0 Å². The van der Waals surface area contributed by atoms with Crippen molar-refractivity contribution < 1.29 is 9.53 Å². The zero-order valence-electron chi connectivity index (χ0n) is 12.5. The van der Waals surface area contributed by atoms with Gasteiger partial charge in [-0.15, -0.1) is 0 Å². The molecular weight excluding hydrogens is 238 g/mol. The van der Waals surface area contributed by atoms with E-state index in [9.17, 15) is 4.79 Å². The number of benzene rings is 1. The number of rotatable bonds is 2. The summed E-state index contributed by atoms with van der Waals surface area (Å²) in [6.45, 7) is 9.43. The second kappa shape index (κ2) is 4.87. The number of nitrogens with zero attached hydrogens (tertiary/aromatic N) is 1. The molecule has 3 heteroatoms. The Kier molecular flexibility index (Phi) is 3.57. The molecule has 1 saturated heterocycles. The van der Waals surface area contributed by atoms with E-state index < -0.39 is 0 Å². The SMILES string of the molecule is COC(=O)C1CCN(c2cccc(C)c2C)C1(C)C. The first-order valence-corrected chi connectivity index (χ1v) is 6.81. The first kappa shape index (κ1) is 13.9. The van der Waals surface area contributed by atoms with Gasteiger partial charge in [-0.3, -0.25) is 4.79 Å². The van der Waals surface area contributed by atoms with Gasteiger partial charge in [0.05, 0.1) is 13.0 Å². The minimum absolute atomic E-state index is 0.0580. The van der Waals surface area contributed by atoms with Gasteiger partial charge in [0.2, 0.25) is 0 Å². The Labute approximate surface area is 115 Å². The van der Waals surface area contributed by atoms with Gasteiger partial charge in [0.15, 0.2) is 0 Å². The van der Waals surface area contributed by atoms with Crippen LogP contribution in [0.25, 0.3) is 0 Å². The maximum absolute atomic E-state index is 11.9. The molecule has 0 spiro atoms. The summed E-state index contributed by atoms with van der Waals surface area (Å²) in [5.41, 5.74) is 3.61. The molecule has 0 radical (unpaired) electrons. The van der Waals surface area contributed by atoms with Crippen LogP contribution in [0.2, 0.25) is 0 Å². The molecule has 3 nitrogen and oxygen atoms in total. The third-order valence-corrected chi connectivity index (χ3v) is 4.54. The number of anilines is 1. The Bertz CT molecular complexity index is 494. The molecule has 0 saturated carbocycles. The molecule has 1 fully saturated rings. The summed E-state index contributed by atoms with van der Waals surface area (Å²) >= 11 is 0. The quantitative estimate of drug-likeness (QED) is 0.766. The summed E-state index contributed by atoms with van der Waals surface area (Å²) < 4.78 is 4.94. The van der Waals surface area contributed by atoms with Crippen LogP contribution in [0, 0.1) is 19.8 Å². The monoisotopic (exact) mass is 261 g/mol. The van der Waals surface area contributed by atoms with Crippen molar-refractivity contribution in [1.82, 2.24) is 0 Å². The fraction of sp³-hybridized carbons (Fsp3) is 0.562. The molecule has 1 aromatic carbocycles. The summed E-state index contributed by atoms with van der Waals surface area (Å²) in [5, 5.41) is 0. The molecule has 0 N–H and O–H groups in total. The maximum Gasteiger partial charge on any atom is 0.311 e. The van der Waals surface area contributed by atoms with Crippen molar-refractivity contribution in [3.8, 4) is 0 Å². The average molecular weight is 261 g/mol. The van der Waals surface area contributed by atoms with Crippen molar-refractivity contribution in [2.45, 2.75) is 39.7 Å².